The average Bonchev–Trinajstić information content (AvgIpc) is 2.56. The number of sulfonamides is 1. The molecule has 0 aromatic heterocycles. The van der Waals surface area contributed by atoms with E-state index in [1.807, 2.05) is 0 Å². The number of nitrogen functional groups attached to an aromatic ring is 1. The first-order valence-electron chi connectivity index (χ1n) is 5.47. The molecule has 106 valence electrons. The monoisotopic (exact) mass is 308 g/mol. The second kappa shape index (κ2) is 4.73. The molecule has 1 aliphatic heterocycles. The third-order valence-electron chi connectivity index (χ3n) is 2.82. The Morgan fingerprint density at radius 2 is 2.05 bits per heavy atom. The molecule has 6 nitrogen and oxygen atoms in total. The van der Waals surface area contributed by atoms with Crippen LogP contribution in [-0.2, 0) is 19.9 Å². The highest BCUT2D eigenvalue weighted by atomic mass is 32.2. The van der Waals surface area contributed by atoms with Crippen molar-refractivity contribution in [2.75, 3.05) is 17.2 Å². The first-order valence-corrected chi connectivity index (χ1v) is 8.78. The minimum Gasteiger partial charge on any atom is -0.398 e. The highest BCUT2D eigenvalue weighted by Gasteiger charge is 2.32. The molecule has 0 spiro atoms. The van der Waals surface area contributed by atoms with Gasteiger partial charge in [0.25, 0.3) is 0 Å². The van der Waals surface area contributed by atoms with E-state index in [0.717, 1.165) is 18.2 Å². The van der Waals surface area contributed by atoms with Crippen LogP contribution in [0.1, 0.15) is 6.42 Å². The molecule has 0 aliphatic carbocycles. The van der Waals surface area contributed by atoms with E-state index >= 15 is 0 Å². The first kappa shape index (κ1) is 14.2. The Bertz CT molecular complexity index is 700. The molecule has 3 N–H and O–H groups in total. The lowest BCUT2D eigenvalue weighted by Crippen LogP contribution is -2.35. The van der Waals surface area contributed by atoms with Crippen molar-refractivity contribution in [3.8, 4) is 0 Å². The van der Waals surface area contributed by atoms with Crippen LogP contribution >= 0.6 is 0 Å². The zero-order valence-electron chi connectivity index (χ0n) is 9.84. The Hall–Kier alpha value is -1.19. The molecule has 0 bridgehead atoms. The zero-order chi connectivity index (χ0) is 14.3. The molecule has 2 rings (SSSR count). The first-order chi connectivity index (χ1) is 8.70. The van der Waals surface area contributed by atoms with Crippen molar-refractivity contribution in [2.45, 2.75) is 17.4 Å². The van der Waals surface area contributed by atoms with E-state index in [2.05, 4.69) is 4.72 Å². The summed E-state index contributed by atoms with van der Waals surface area (Å²) >= 11 is 0. The van der Waals surface area contributed by atoms with Gasteiger partial charge in [0.1, 0.15) is 10.7 Å². The topological polar surface area (TPSA) is 106 Å². The number of nitrogens with two attached hydrogens (primary N) is 1. The van der Waals surface area contributed by atoms with Crippen molar-refractivity contribution in [1.29, 1.82) is 0 Å². The number of benzene rings is 1. The van der Waals surface area contributed by atoms with Gasteiger partial charge in [0.15, 0.2) is 9.84 Å². The minimum absolute atomic E-state index is 0.0426. The van der Waals surface area contributed by atoms with Gasteiger partial charge in [-0.2, -0.15) is 0 Å². The van der Waals surface area contributed by atoms with Crippen LogP contribution in [0.2, 0.25) is 0 Å². The van der Waals surface area contributed by atoms with Crippen LogP contribution in [0.4, 0.5) is 10.1 Å². The summed E-state index contributed by atoms with van der Waals surface area (Å²) in [4.78, 5) is -0.252. The van der Waals surface area contributed by atoms with Crippen molar-refractivity contribution in [3.63, 3.8) is 0 Å². The molecule has 19 heavy (non-hydrogen) atoms. The number of nitrogens with one attached hydrogen (secondary N) is 1. The predicted octanol–water partition coefficient (Wildman–Crippen LogP) is -0.127. The molecular formula is C10H13FN2O4S2. The maximum absolute atomic E-state index is 12.9. The summed E-state index contributed by atoms with van der Waals surface area (Å²) in [5.74, 6) is -0.910. The molecule has 1 heterocycles. The summed E-state index contributed by atoms with van der Waals surface area (Å²) < 4.78 is 61.7. The highest BCUT2D eigenvalue weighted by Crippen LogP contribution is 2.21. The number of anilines is 1. The molecular weight excluding hydrogens is 295 g/mol. The minimum atomic E-state index is -3.95. The highest BCUT2D eigenvalue weighted by molar-refractivity contribution is 7.92. The van der Waals surface area contributed by atoms with Crippen LogP contribution in [0, 0.1) is 5.82 Å². The van der Waals surface area contributed by atoms with E-state index in [1.165, 1.54) is 0 Å². The third-order valence-corrected chi connectivity index (χ3v) is 6.18. The average molecular weight is 308 g/mol. The molecule has 1 aliphatic rings. The summed E-state index contributed by atoms with van der Waals surface area (Å²) in [6.07, 6.45) is 0.225. The summed E-state index contributed by atoms with van der Waals surface area (Å²) in [5, 5.41) is 0. The number of hydrogen-bond donors (Lipinski definition) is 2. The van der Waals surface area contributed by atoms with Gasteiger partial charge < -0.3 is 5.73 Å². The summed E-state index contributed by atoms with van der Waals surface area (Å²) in [6.45, 7) is 0. The Morgan fingerprint density at radius 3 is 2.58 bits per heavy atom. The standard InChI is InChI=1S/C10H13FN2O4S2/c11-7-1-2-10(9(12)5-7)19(16,17)13-8-3-4-18(14,15)6-8/h1-2,5,8,13H,3-4,6,12H2. The largest absolute Gasteiger partial charge is 0.398 e. The van der Waals surface area contributed by atoms with Gasteiger partial charge in [0, 0.05) is 6.04 Å². The van der Waals surface area contributed by atoms with Gasteiger partial charge in [0.05, 0.1) is 17.2 Å². The fourth-order valence-electron chi connectivity index (χ4n) is 1.93. The summed E-state index contributed by atoms with van der Waals surface area (Å²) in [6, 6.07) is 2.27. The molecule has 0 radical (unpaired) electrons. The van der Waals surface area contributed by atoms with Crippen molar-refractivity contribution >= 4 is 25.5 Å². The zero-order valence-corrected chi connectivity index (χ0v) is 11.5. The SMILES string of the molecule is Nc1cc(F)ccc1S(=O)(=O)NC1CCS(=O)(=O)C1. The van der Waals surface area contributed by atoms with Gasteiger partial charge in [-0.15, -0.1) is 0 Å². The number of hydrogen-bond acceptors (Lipinski definition) is 5. The third kappa shape index (κ3) is 3.23. The van der Waals surface area contributed by atoms with Crippen LogP contribution < -0.4 is 10.5 Å². The second-order valence-electron chi connectivity index (χ2n) is 4.40. The molecule has 0 amide bonds. The molecule has 0 saturated carbocycles. The van der Waals surface area contributed by atoms with Crippen LogP contribution in [-0.4, -0.2) is 34.4 Å². The Balaban J connectivity index is 2.24. The van der Waals surface area contributed by atoms with Gasteiger partial charge in [-0.25, -0.2) is 25.9 Å². The lowest BCUT2D eigenvalue weighted by Gasteiger charge is -2.13. The van der Waals surface area contributed by atoms with E-state index in [0.29, 0.717) is 0 Å². The number of rotatable bonds is 3. The van der Waals surface area contributed by atoms with Crippen LogP contribution in [0.5, 0.6) is 0 Å². The van der Waals surface area contributed by atoms with Crippen molar-refractivity contribution in [1.82, 2.24) is 4.72 Å². The molecule has 1 fully saturated rings. The van der Waals surface area contributed by atoms with Gasteiger partial charge in [-0.1, -0.05) is 0 Å². The van der Waals surface area contributed by atoms with Gasteiger partial charge in [0.2, 0.25) is 10.0 Å². The summed E-state index contributed by atoms with van der Waals surface area (Å²) in [7, 11) is -7.13. The van der Waals surface area contributed by atoms with Gasteiger partial charge >= 0.3 is 0 Å². The normalized spacial score (nSPS) is 22.5. The number of halogens is 1. The summed E-state index contributed by atoms with van der Waals surface area (Å²) in [5.41, 5.74) is 5.24. The van der Waals surface area contributed by atoms with Gasteiger partial charge in [-0.05, 0) is 24.6 Å². The molecule has 9 heteroatoms. The molecule has 1 saturated heterocycles. The van der Waals surface area contributed by atoms with E-state index in [1.54, 1.807) is 0 Å². The Morgan fingerprint density at radius 1 is 1.37 bits per heavy atom. The maximum Gasteiger partial charge on any atom is 0.242 e. The maximum atomic E-state index is 12.9. The van der Waals surface area contributed by atoms with Gasteiger partial charge in [-0.3, -0.25) is 0 Å². The van der Waals surface area contributed by atoms with E-state index in [-0.39, 0.29) is 28.5 Å². The fraction of sp³-hybridized carbons (Fsp3) is 0.400. The fourth-order valence-corrected chi connectivity index (χ4v) is 5.10. The molecule has 1 atom stereocenters. The second-order valence-corrected chi connectivity index (χ2v) is 8.31. The predicted molar refractivity (Wildman–Crippen MR) is 68.2 cm³/mol. The van der Waals surface area contributed by atoms with Crippen LogP contribution in [0.15, 0.2) is 23.1 Å². The number of sulfone groups is 1. The lowest BCUT2D eigenvalue weighted by molar-refractivity contribution is 0.562. The van der Waals surface area contributed by atoms with Crippen molar-refractivity contribution in [3.05, 3.63) is 24.0 Å². The van der Waals surface area contributed by atoms with E-state index in [9.17, 15) is 21.2 Å². The quantitative estimate of drug-likeness (QED) is 0.757. The molecule has 1 aromatic rings. The van der Waals surface area contributed by atoms with Crippen molar-refractivity contribution in [2.24, 2.45) is 0 Å². The Labute approximate surface area is 110 Å². The van der Waals surface area contributed by atoms with E-state index < -0.39 is 31.7 Å². The van der Waals surface area contributed by atoms with Crippen LogP contribution in [0.3, 0.4) is 0 Å². The lowest BCUT2D eigenvalue weighted by atomic mass is 10.3. The molecule has 1 aromatic carbocycles. The Kier molecular flexibility index (Phi) is 3.54. The molecule has 1 unspecified atom stereocenters. The van der Waals surface area contributed by atoms with E-state index in [4.69, 9.17) is 5.73 Å². The smallest absolute Gasteiger partial charge is 0.242 e. The van der Waals surface area contributed by atoms with Crippen LogP contribution in [0.25, 0.3) is 0 Å². The van der Waals surface area contributed by atoms with Crippen molar-refractivity contribution < 1.29 is 21.2 Å².